The van der Waals surface area contributed by atoms with Crippen molar-refractivity contribution in [2.24, 2.45) is 0 Å². The van der Waals surface area contributed by atoms with E-state index in [2.05, 4.69) is 40.2 Å². The molecular formula is C20H22BrN2O+. The van der Waals surface area contributed by atoms with Crippen molar-refractivity contribution >= 4 is 27.9 Å². The number of quaternary nitrogens is 1. The summed E-state index contributed by atoms with van der Waals surface area (Å²) in [5.74, 6) is 0.105. The Labute approximate surface area is 151 Å². The quantitative estimate of drug-likeness (QED) is 0.802. The van der Waals surface area contributed by atoms with Gasteiger partial charge in [0.1, 0.15) is 6.54 Å². The number of nitrogens with zero attached hydrogens (tertiary/aromatic N) is 1. The fourth-order valence-corrected chi connectivity index (χ4v) is 3.40. The minimum Gasteiger partial charge on any atom is -0.328 e. The lowest BCUT2D eigenvalue weighted by atomic mass is 10.2. The number of carbonyl (C=O) groups is 1. The van der Waals surface area contributed by atoms with E-state index in [4.69, 9.17) is 0 Å². The van der Waals surface area contributed by atoms with Crippen LogP contribution in [-0.2, 0) is 11.3 Å². The van der Waals surface area contributed by atoms with E-state index in [1.807, 2.05) is 41.3 Å². The molecule has 2 aromatic carbocycles. The second-order valence-electron chi connectivity index (χ2n) is 6.13. The van der Waals surface area contributed by atoms with E-state index in [1.165, 1.54) is 5.56 Å². The number of nitrogens with one attached hydrogen (secondary N) is 1. The molecule has 1 saturated heterocycles. The van der Waals surface area contributed by atoms with Crippen LogP contribution in [0.5, 0.6) is 0 Å². The Kier molecular flexibility index (Phi) is 5.83. The molecule has 3 rings (SSSR count). The minimum absolute atomic E-state index is 0.105. The second-order valence-corrected chi connectivity index (χ2v) is 7.04. The maximum atomic E-state index is 12.3. The molecule has 0 radical (unpaired) electrons. The molecule has 0 saturated carbocycles. The SMILES string of the molecule is O=C(/C=C/c1cccc(Br)c1)N1CC[NH+](Cc2ccccc2)CC1. The van der Waals surface area contributed by atoms with Gasteiger partial charge in [0.2, 0.25) is 5.91 Å². The highest BCUT2D eigenvalue weighted by Gasteiger charge is 2.22. The molecule has 24 heavy (non-hydrogen) atoms. The lowest BCUT2D eigenvalue weighted by molar-refractivity contribution is -0.917. The van der Waals surface area contributed by atoms with E-state index < -0.39 is 0 Å². The van der Waals surface area contributed by atoms with Crippen molar-refractivity contribution in [3.8, 4) is 0 Å². The molecule has 1 aliphatic heterocycles. The molecule has 1 aliphatic rings. The molecule has 0 aliphatic carbocycles. The van der Waals surface area contributed by atoms with Gasteiger partial charge in [0.05, 0.1) is 26.2 Å². The highest BCUT2D eigenvalue weighted by atomic mass is 79.9. The minimum atomic E-state index is 0.105. The Morgan fingerprint density at radius 3 is 2.54 bits per heavy atom. The van der Waals surface area contributed by atoms with Gasteiger partial charge in [-0.1, -0.05) is 58.4 Å². The third kappa shape index (κ3) is 4.79. The summed E-state index contributed by atoms with van der Waals surface area (Å²) in [5.41, 5.74) is 2.40. The third-order valence-corrected chi connectivity index (χ3v) is 4.84. The number of piperazine rings is 1. The zero-order chi connectivity index (χ0) is 16.8. The van der Waals surface area contributed by atoms with Gasteiger partial charge in [-0.2, -0.15) is 0 Å². The number of amides is 1. The highest BCUT2D eigenvalue weighted by Crippen LogP contribution is 2.12. The number of carbonyl (C=O) groups excluding carboxylic acids is 1. The highest BCUT2D eigenvalue weighted by molar-refractivity contribution is 9.10. The van der Waals surface area contributed by atoms with Crippen LogP contribution in [0.2, 0.25) is 0 Å². The Morgan fingerprint density at radius 1 is 1.08 bits per heavy atom. The summed E-state index contributed by atoms with van der Waals surface area (Å²) in [6, 6.07) is 18.5. The predicted molar refractivity (Wildman–Crippen MR) is 101 cm³/mol. The first kappa shape index (κ1) is 16.9. The van der Waals surface area contributed by atoms with Gasteiger partial charge >= 0.3 is 0 Å². The van der Waals surface area contributed by atoms with Gasteiger partial charge in [-0.05, 0) is 23.8 Å². The molecule has 4 heteroatoms. The summed E-state index contributed by atoms with van der Waals surface area (Å²) in [6.45, 7) is 4.70. The average molecular weight is 386 g/mol. The van der Waals surface area contributed by atoms with E-state index in [0.717, 1.165) is 42.8 Å². The topological polar surface area (TPSA) is 24.8 Å². The molecule has 1 N–H and O–H groups in total. The van der Waals surface area contributed by atoms with Gasteiger partial charge in [-0.25, -0.2) is 0 Å². The first-order valence-corrected chi connectivity index (χ1v) is 9.10. The van der Waals surface area contributed by atoms with Crippen molar-refractivity contribution in [1.29, 1.82) is 0 Å². The summed E-state index contributed by atoms with van der Waals surface area (Å²) in [4.78, 5) is 15.8. The molecule has 0 aromatic heterocycles. The summed E-state index contributed by atoms with van der Waals surface area (Å²) < 4.78 is 1.02. The van der Waals surface area contributed by atoms with E-state index in [0.29, 0.717) is 0 Å². The van der Waals surface area contributed by atoms with Gasteiger partial charge in [0.25, 0.3) is 0 Å². The number of benzene rings is 2. The Hall–Kier alpha value is -1.91. The van der Waals surface area contributed by atoms with Crippen LogP contribution >= 0.6 is 15.9 Å². The van der Waals surface area contributed by atoms with E-state index in [-0.39, 0.29) is 5.91 Å². The van der Waals surface area contributed by atoms with Crippen molar-refractivity contribution in [3.63, 3.8) is 0 Å². The summed E-state index contributed by atoms with van der Waals surface area (Å²) >= 11 is 3.45. The van der Waals surface area contributed by atoms with Crippen molar-refractivity contribution < 1.29 is 9.69 Å². The van der Waals surface area contributed by atoms with Crippen LogP contribution in [-0.4, -0.2) is 37.0 Å². The van der Waals surface area contributed by atoms with Gasteiger partial charge in [-0.15, -0.1) is 0 Å². The van der Waals surface area contributed by atoms with Crippen LogP contribution in [0.4, 0.5) is 0 Å². The lowest BCUT2D eigenvalue weighted by Gasteiger charge is -2.31. The monoisotopic (exact) mass is 385 g/mol. The Morgan fingerprint density at radius 2 is 1.83 bits per heavy atom. The van der Waals surface area contributed by atoms with Crippen LogP contribution in [0.1, 0.15) is 11.1 Å². The first-order chi connectivity index (χ1) is 11.7. The van der Waals surface area contributed by atoms with Crippen LogP contribution in [0.25, 0.3) is 6.08 Å². The fourth-order valence-electron chi connectivity index (χ4n) is 2.99. The molecular weight excluding hydrogens is 364 g/mol. The van der Waals surface area contributed by atoms with E-state index in [1.54, 1.807) is 11.0 Å². The summed E-state index contributed by atoms with van der Waals surface area (Å²) in [6.07, 6.45) is 3.57. The molecule has 0 bridgehead atoms. The summed E-state index contributed by atoms with van der Waals surface area (Å²) in [5, 5.41) is 0. The zero-order valence-corrected chi connectivity index (χ0v) is 15.2. The fraction of sp³-hybridized carbons (Fsp3) is 0.250. The molecule has 1 heterocycles. The Balaban J connectivity index is 1.50. The average Bonchev–Trinajstić information content (AvgIpc) is 2.61. The normalized spacial score (nSPS) is 15.8. The Bertz CT molecular complexity index is 707. The molecule has 0 atom stereocenters. The molecule has 124 valence electrons. The zero-order valence-electron chi connectivity index (χ0n) is 13.6. The molecule has 3 nitrogen and oxygen atoms in total. The molecule has 2 aromatic rings. The van der Waals surface area contributed by atoms with Crippen LogP contribution in [0.3, 0.4) is 0 Å². The largest absolute Gasteiger partial charge is 0.328 e. The smallest absolute Gasteiger partial charge is 0.246 e. The predicted octanol–water partition coefficient (Wildman–Crippen LogP) is 2.39. The maximum Gasteiger partial charge on any atom is 0.246 e. The van der Waals surface area contributed by atoms with Gasteiger partial charge in [0, 0.05) is 16.1 Å². The second kappa shape index (κ2) is 8.27. The number of hydrogen-bond acceptors (Lipinski definition) is 1. The van der Waals surface area contributed by atoms with E-state index in [9.17, 15) is 4.79 Å². The lowest BCUT2D eigenvalue weighted by Crippen LogP contribution is -3.13. The molecule has 1 fully saturated rings. The van der Waals surface area contributed by atoms with Crippen molar-refractivity contribution in [2.45, 2.75) is 6.54 Å². The van der Waals surface area contributed by atoms with Crippen molar-refractivity contribution in [2.75, 3.05) is 26.2 Å². The molecule has 1 amide bonds. The maximum absolute atomic E-state index is 12.3. The van der Waals surface area contributed by atoms with Crippen molar-refractivity contribution in [1.82, 2.24) is 4.90 Å². The number of hydrogen-bond donors (Lipinski definition) is 1. The van der Waals surface area contributed by atoms with Crippen LogP contribution in [0, 0.1) is 0 Å². The number of rotatable bonds is 4. The van der Waals surface area contributed by atoms with Crippen LogP contribution in [0.15, 0.2) is 65.1 Å². The van der Waals surface area contributed by atoms with E-state index >= 15 is 0 Å². The van der Waals surface area contributed by atoms with Gasteiger partial charge < -0.3 is 9.80 Å². The first-order valence-electron chi connectivity index (χ1n) is 8.31. The molecule has 0 unspecified atom stereocenters. The number of halogens is 1. The van der Waals surface area contributed by atoms with Crippen molar-refractivity contribution in [3.05, 3.63) is 76.3 Å². The molecule has 0 spiro atoms. The third-order valence-electron chi connectivity index (χ3n) is 4.35. The van der Waals surface area contributed by atoms with Gasteiger partial charge in [0.15, 0.2) is 0 Å². The van der Waals surface area contributed by atoms with Gasteiger partial charge in [-0.3, -0.25) is 4.79 Å². The summed E-state index contributed by atoms with van der Waals surface area (Å²) in [7, 11) is 0. The van der Waals surface area contributed by atoms with Crippen LogP contribution < -0.4 is 4.90 Å². The standard InChI is InChI=1S/C20H21BrN2O/c21-19-8-4-7-17(15-19)9-10-20(24)23-13-11-22(12-14-23)16-18-5-2-1-3-6-18/h1-10,15H,11-14,16H2/p+1/b10-9+.